The van der Waals surface area contributed by atoms with Crippen molar-refractivity contribution in [2.45, 2.75) is 25.3 Å². The van der Waals surface area contributed by atoms with Crippen LogP contribution in [-0.4, -0.2) is 42.0 Å². The van der Waals surface area contributed by atoms with E-state index in [-0.39, 0.29) is 5.91 Å². The fourth-order valence-corrected chi connectivity index (χ4v) is 3.03. The number of aromatic nitrogens is 1. The molecule has 0 spiro atoms. The van der Waals surface area contributed by atoms with Crippen LogP contribution >= 0.6 is 0 Å². The van der Waals surface area contributed by atoms with Gasteiger partial charge in [0.15, 0.2) is 0 Å². The van der Waals surface area contributed by atoms with E-state index in [2.05, 4.69) is 10.3 Å². The number of nitrogens with one attached hydrogen (secondary N) is 1. The molecule has 0 bridgehead atoms. The first-order chi connectivity index (χ1) is 11.7. The number of aryl methyl sites for hydroxylation is 1. The van der Waals surface area contributed by atoms with E-state index in [9.17, 15) is 4.79 Å². The SMILES string of the molecule is COc1cccc(CCC(=O)N2CCC(Nc3cccnc3)C2)c1. The van der Waals surface area contributed by atoms with Crippen LogP contribution in [0.5, 0.6) is 5.75 Å². The molecule has 1 aromatic heterocycles. The molecule has 1 aliphatic rings. The first-order valence-electron chi connectivity index (χ1n) is 8.32. The van der Waals surface area contributed by atoms with E-state index in [1.54, 1.807) is 13.3 Å². The Hall–Kier alpha value is -2.56. The van der Waals surface area contributed by atoms with Gasteiger partial charge in [-0.1, -0.05) is 12.1 Å². The zero-order chi connectivity index (χ0) is 16.8. The summed E-state index contributed by atoms with van der Waals surface area (Å²) in [5.74, 6) is 1.05. The minimum atomic E-state index is 0.216. The Morgan fingerprint density at radius 1 is 1.38 bits per heavy atom. The Labute approximate surface area is 142 Å². The second-order valence-corrected chi connectivity index (χ2v) is 6.06. The molecule has 0 saturated carbocycles. The molecule has 1 amide bonds. The number of likely N-dealkylation sites (tertiary alicyclic amines) is 1. The van der Waals surface area contributed by atoms with Gasteiger partial charge in [-0.05, 0) is 42.7 Å². The van der Waals surface area contributed by atoms with Gasteiger partial charge in [-0.3, -0.25) is 9.78 Å². The number of ether oxygens (including phenoxy) is 1. The maximum absolute atomic E-state index is 12.4. The van der Waals surface area contributed by atoms with Crippen LogP contribution in [-0.2, 0) is 11.2 Å². The van der Waals surface area contributed by atoms with Gasteiger partial charge in [0.1, 0.15) is 5.75 Å². The van der Waals surface area contributed by atoms with E-state index >= 15 is 0 Å². The second kappa shape index (κ2) is 7.81. The minimum absolute atomic E-state index is 0.216. The topological polar surface area (TPSA) is 54.5 Å². The van der Waals surface area contributed by atoms with Crippen molar-refractivity contribution in [1.29, 1.82) is 0 Å². The molecule has 1 N–H and O–H groups in total. The molecule has 24 heavy (non-hydrogen) atoms. The predicted molar refractivity (Wildman–Crippen MR) is 94.2 cm³/mol. The number of benzene rings is 1. The maximum Gasteiger partial charge on any atom is 0.222 e. The molecule has 3 rings (SSSR count). The average Bonchev–Trinajstić information content (AvgIpc) is 3.09. The third-order valence-corrected chi connectivity index (χ3v) is 4.33. The van der Waals surface area contributed by atoms with Crippen LogP contribution in [0.3, 0.4) is 0 Å². The second-order valence-electron chi connectivity index (χ2n) is 6.06. The van der Waals surface area contributed by atoms with E-state index in [0.717, 1.165) is 42.9 Å². The molecular weight excluding hydrogens is 302 g/mol. The zero-order valence-electron chi connectivity index (χ0n) is 13.9. The van der Waals surface area contributed by atoms with E-state index in [1.165, 1.54) is 0 Å². The number of hydrogen-bond donors (Lipinski definition) is 1. The summed E-state index contributed by atoms with van der Waals surface area (Å²) in [5.41, 5.74) is 2.14. The summed E-state index contributed by atoms with van der Waals surface area (Å²) < 4.78 is 5.22. The number of methoxy groups -OCH3 is 1. The lowest BCUT2D eigenvalue weighted by atomic mass is 10.1. The summed E-state index contributed by atoms with van der Waals surface area (Å²) in [6.45, 7) is 1.57. The van der Waals surface area contributed by atoms with Crippen LogP contribution in [0.2, 0.25) is 0 Å². The first kappa shape index (κ1) is 16.3. The predicted octanol–water partition coefficient (Wildman–Crippen LogP) is 2.74. The van der Waals surface area contributed by atoms with Crippen molar-refractivity contribution < 1.29 is 9.53 Å². The summed E-state index contributed by atoms with van der Waals surface area (Å²) in [4.78, 5) is 18.5. The van der Waals surface area contributed by atoms with Gasteiger partial charge in [0, 0.05) is 37.9 Å². The molecule has 1 atom stereocenters. The summed E-state index contributed by atoms with van der Waals surface area (Å²) in [7, 11) is 1.66. The van der Waals surface area contributed by atoms with Crippen LogP contribution in [0.4, 0.5) is 5.69 Å². The monoisotopic (exact) mass is 325 g/mol. The molecule has 126 valence electrons. The molecule has 1 aromatic carbocycles. The maximum atomic E-state index is 12.4. The Morgan fingerprint density at radius 2 is 2.29 bits per heavy atom. The van der Waals surface area contributed by atoms with Gasteiger partial charge in [-0.2, -0.15) is 0 Å². The fourth-order valence-electron chi connectivity index (χ4n) is 3.03. The largest absolute Gasteiger partial charge is 0.497 e. The van der Waals surface area contributed by atoms with Crippen molar-refractivity contribution in [3.05, 3.63) is 54.4 Å². The normalized spacial score (nSPS) is 16.9. The van der Waals surface area contributed by atoms with E-state index in [1.807, 2.05) is 47.5 Å². The number of amides is 1. The zero-order valence-corrected chi connectivity index (χ0v) is 13.9. The average molecular weight is 325 g/mol. The van der Waals surface area contributed by atoms with Crippen molar-refractivity contribution in [2.24, 2.45) is 0 Å². The Morgan fingerprint density at radius 3 is 3.08 bits per heavy atom. The highest BCUT2D eigenvalue weighted by Crippen LogP contribution is 2.18. The third kappa shape index (κ3) is 4.25. The van der Waals surface area contributed by atoms with Crippen LogP contribution in [0.25, 0.3) is 0 Å². The van der Waals surface area contributed by atoms with Gasteiger partial charge in [0.05, 0.1) is 12.8 Å². The number of carbonyl (C=O) groups is 1. The van der Waals surface area contributed by atoms with Gasteiger partial charge in [-0.25, -0.2) is 0 Å². The molecular formula is C19H23N3O2. The molecule has 1 saturated heterocycles. The third-order valence-electron chi connectivity index (χ3n) is 4.33. The van der Waals surface area contributed by atoms with Gasteiger partial charge in [0.2, 0.25) is 5.91 Å². The van der Waals surface area contributed by atoms with E-state index in [4.69, 9.17) is 4.74 Å². The molecule has 0 radical (unpaired) electrons. The molecule has 2 aromatic rings. The molecule has 5 heteroatoms. The minimum Gasteiger partial charge on any atom is -0.497 e. The van der Waals surface area contributed by atoms with E-state index in [0.29, 0.717) is 12.5 Å². The van der Waals surface area contributed by atoms with Gasteiger partial charge >= 0.3 is 0 Å². The summed E-state index contributed by atoms with van der Waals surface area (Å²) in [5, 5.41) is 3.44. The number of hydrogen-bond acceptors (Lipinski definition) is 4. The molecule has 2 heterocycles. The van der Waals surface area contributed by atoms with Crippen molar-refractivity contribution in [2.75, 3.05) is 25.5 Å². The Bertz CT molecular complexity index is 675. The summed E-state index contributed by atoms with van der Waals surface area (Å²) >= 11 is 0. The number of anilines is 1. The lowest BCUT2D eigenvalue weighted by molar-refractivity contribution is -0.130. The Balaban J connectivity index is 1.47. The van der Waals surface area contributed by atoms with Crippen LogP contribution < -0.4 is 10.1 Å². The number of carbonyl (C=O) groups excluding carboxylic acids is 1. The molecule has 5 nitrogen and oxygen atoms in total. The van der Waals surface area contributed by atoms with Crippen molar-refractivity contribution in [3.8, 4) is 5.75 Å². The van der Waals surface area contributed by atoms with Crippen molar-refractivity contribution in [1.82, 2.24) is 9.88 Å². The smallest absolute Gasteiger partial charge is 0.222 e. The highest BCUT2D eigenvalue weighted by Gasteiger charge is 2.25. The van der Waals surface area contributed by atoms with Crippen molar-refractivity contribution in [3.63, 3.8) is 0 Å². The standard InChI is InChI=1S/C19H23N3O2/c1-24-18-6-2-4-15(12-18)7-8-19(23)22-11-9-17(14-22)21-16-5-3-10-20-13-16/h2-6,10,12-13,17,21H,7-9,11,14H2,1H3. The number of pyridine rings is 1. The van der Waals surface area contributed by atoms with Crippen LogP contribution in [0.1, 0.15) is 18.4 Å². The molecule has 1 aliphatic heterocycles. The summed E-state index contributed by atoms with van der Waals surface area (Å²) in [6, 6.07) is 12.1. The number of nitrogens with zero attached hydrogens (tertiary/aromatic N) is 2. The van der Waals surface area contributed by atoms with Gasteiger partial charge < -0.3 is 15.0 Å². The lowest BCUT2D eigenvalue weighted by Gasteiger charge is -2.17. The van der Waals surface area contributed by atoms with Gasteiger partial charge in [0.25, 0.3) is 0 Å². The number of rotatable bonds is 6. The van der Waals surface area contributed by atoms with Gasteiger partial charge in [-0.15, -0.1) is 0 Å². The highest BCUT2D eigenvalue weighted by atomic mass is 16.5. The highest BCUT2D eigenvalue weighted by molar-refractivity contribution is 5.77. The first-order valence-corrected chi connectivity index (χ1v) is 8.32. The van der Waals surface area contributed by atoms with Crippen LogP contribution in [0, 0.1) is 0 Å². The lowest BCUT2D eigenvalue weighted by Crippen LogP contribution is -2.31. The fraction of sp³-hybridized carbons (Fsp3) is 0.368. The molecule has 1 fully saturated rings. The van der Waals surface area contributed by atoms with Crippen LogP contribution in [0.15, 0.2) is 48.8 Å². The molecule has 1 unspecified atom stereocenters. The molecule has 0 aliphatic carbocycles. The quantitative estimate of drug-likeness (QED) is 0.887. The summed E-state index contributed by atoms with van der Waals surface area (Å²) in [6.07, 6.45) is 5.82. The Kier molecular flexibility index (Phi) is 5.31. The van der Waals surface area contributed by atoms with E-state index < -0.39 is 0 Å². The van der Waals surface area contributed by atoms with Crippen molar-refractivity contribution >= 4 is 11.6 Å².